The summed E-state index contributed by atoms with van der Waals surface area (Å²) in [6, 6.07) is 9.52. The van der Waals surface area contributed by atoms with Gasteiger partial charge in [0, 0.05) is 25.2 Å². The van der Waals surface area contributed by atoms with Gasteiger partial charge in [-0.2, -0.15) is 0 Å². The number of Topliss-reactive ketones (excluding diaryl/α,β-unsaturated/α-hetero) is 2. The Morgan fingerprint density at radius 2 is 1.70 bits per heavy atom. The van der Waals surface area contributed by atoms with E-state index in [0.717, 1.165) is 5.56 Å². The number of ketones is 2. The first-order valence-electron chi connectivity index (χ1n) is 9.44. The van der Waals surface area contributed by atoms with Crippen LogP contribution in [-0.2, 0) is 20.8 Å². The zero-order valence-corrected chi connectivity index (χ0v) is 16.2. The van der Waals surface area contributed by atoms with Crippen molar-refractivity contribution in [3.05, 3.63) is 35.9 Å². The lowest BCUT2D eigenvalue weighted by molar-refractivity contribution is -0.129. The minimum atomic E-state index is -1.05. The second-order valence-corrected chi connectivity index (χ2v) is 7.13. The Hall–Kier alpha value is -2.05. The first-order chi connectivity index (χ1) is 12.9. The molecule has 0 saturated carbocycles. The second kappa shape index (κ2) is 11.6. The van der Waals surface area contributed by atoms with E-state index in [4.69, 9.17) is 0 Å². The van der Waals surface area contributed by atoms with Crippen molar-refractivity contribution in [2.24, 2.45) is 5.92 Å². The van der Waals surface area contributed by atoms with Gasteiger partial charge in [-0.3, -0.25) is 14.4 Å². The number of carbonyl (C=O) groups is 3. The van der Waals surface area contributed by atoms with Crippen molar-refractivity contribution in [2.75, 3.05) is 13.2 Å². The van der Waals surface area contributed by atoms with Gasteiger partial charge >= 0.3 is 0 Å². The number of nitrogens with one attached hydrogen (secondary N) is 1. The number of aliphatic hydroxyl groups excluding tert-OH is 2. The van der Waals surface area contributed by atoms with Gasteiger partial charge < -0.3 is 15.5 Å². The van der Waals surface area contributed by atoms with Crippen LogP contribution in [0.3, 0.4) is 0 Å². The van der Waals surface area contributed by atoms with Crippen LogP contribution in [-0.4, -0.2) is 46.4 Å². The van der Waals surface area contributed by atoms with Gasteiger partial charge in [-0.15, -0.1) is 0 Å². The van der Waals surface area contributed by atoms with Crippen molar-refractivity contribution in [2.45, 2.75) is 57.9 Å². The molecular formula is C21H31NO5. The minimum absolute atomic E-state index is 0.0275. The van der Waals surface area contributed by atoms with Gasteiger partial charge in [0.05, 0.1) is 18.8 Å². The summed E-state index contributed by atoms with van der Waals surface area (Å²) in [5, 5.41) is 21.6. The first-order valence-corrected chi connectivity index (χ1v) is 9.44. The van der Waals surface area contributed by atoms with Crippen molar-refractivity contribution < 1.29 is 24.6 Å². The average molecular weight is 377 g/mol. The van der Waals surface area contributed by atoms with Crippen molar-refractivity contribution in [3.8, 4) is 0 Å². The summed E-state index contributed by atoms with van der Waals surface area (Å²) in [6.07, 6.45) is 1.76. The Morgan fingerprint density at radius 1 is 1.07 bits per heavy atom. The highest BCUT2D eigenvalue weighted by molar-refractivity contribution is 5.89. The summed E-state index contributed by atoms with van der Waals surface area (Å²) in [5.41, 5.74) is -0.0529. The monoisotopic (exact) mass is 377 g/mol. The summed E-state index contributed by atoms with van der Waals surface area (Å²) in [4.78, 5) is 36.2. The minimum Gasteiger partial charge on any atom is -0.394 e. The number of rotatable bonds is 13. The second-order valence-electron chi connectivity index (χ2n) is 7.13. The molecule has 1 amide bonds. The highest BCUT2D eigenvalue weighted by Gasteiger charge is 2.29. The lowest BCUT2D eigenvalue weighted by atomic mass is 9.90. The molecule has 0 aromatic heterocycles. The lowest BCUT2D eigenvalue weighted by Crippen LogP contribution is -2.54. The number of benzene rings is 1. The summed E-state index contributed by atoms with van der Waals surface area (Å²) in [7, 11) is 0. The highest BCUT2D eigenvalue weighted by atomic mass is 16.3. The molecule has 1 aromatic carbocycles. The molecule has 0 spiro atoms. The van der Waals surface area contributed by atoms with E-state index in [9.17, 15) is 24.6 Å². The molecule has 3 N–H and O–H groups in total. The van der Waals surface area contributed by atoms with Crippen molar-refractivity contribution >= 4 is 17.5 Å². The van der Waals surface area contributed by atoms with E-state index in [-0.39, 0.29) is 49.9 Å². The van der Waals surface area contributed by atoms with Gasteiger partial charge in [0.15, 0.2) is 0 Å². The van der Waals surface area contributed by atoms with Crippen LogP contribution in [0.25, 0.3) is 0 Å². The first kappa shape index (κ1) is 23.0. The maximum absolute atomic E-state index is 12.3. The predicted molar refractivity (Wildman–Crippen MR) is 103 cm³/mol. The van der Waals surface area contributed by atoms with E-state index < -0.39 is 11.5 Å². The normalized spacial score (nSPS) is 12.4. The molecule has 27 heavy (non-hydrogen) atoms. The van der Waals surface area contributed by atoms with Gasteiger partial charge in [-0.1, -0.05) is 43.7 Å². The number of carbonyl (C=O) groups excluding carboxylic acids is 3. The van der Waals surface area contributed by atoms with Crippen LogP contribution >= 0.6 is 0 Å². The number of hydrogen-bond acceptors (Lipinski definition) is 5. The number of hydrogen-bond donors (Lipinski definition) is 3. The standard InChI is InChI=1S/C21H31NO5/c1-3-11-21(14-23,15-24)22-20(27)10-9-19(26)13-18(16(2)25)12-17-7-5-4-6-8-17/h4-8,18,23-24H,3,9-15H2,1-2H3,(H,22,27)/t18-/m1/s1. The van der Waals surface area contributed by atoms with E-state index in [2.05, 4.69) is 5.32 Å². The number of aliphatic hydroxyl groups is 2. The van der Waals surface area contributed by atoms with Crippen molar-refractivity contribution in [1.82, 2.24) is 5.32 Å². The van der Waals surface area contributed by atoms with E-state index >= 15 is 0 Å². The molecule has 0 heterocycles. The average Bonchev–Trinajstić information content (AvgIpc) is 2.66. The van der Waals surface area contributed by atoms with Crippen LogP contribution in [0.15, 0.2) is 30.3 Å². The molecule has 1 rings (SSSR count). The maximum atomic E-state index is 12.3. The summed E-state index contributed by atoms with van der Waals surface area (Å²) in [5.74, 6) is -0.964. The molecule has 1 atom stereocenters. The van der Waals surface area contributed by atoms with Crippen LogP contribution in [0, 0.1) is 5.92 Å². The van der Waals surface area contributed by atoms with Gasteiger partial charge in [-0.25, -0.2) is 0 Å². The van der Waals surface area contributed by atoms with E-state index in [1.54, 1.807) is 0 Å². The molecule has 0 fully saturated rings. The van der Waals surface area contributed by atoms with Gasteiger partial charge in [0.2, 0.25) is 5.91 Å². The largest absolute Gasteiger partial charge is 0.394 e. The van der Waals surface area contributed by atoms with Crippen LogP contribution in [0.4, 0.5) is 0 Å². The van der Waals surface area contributed by atoms with Gasteiger partial charge in [-0.05, 0) is 25.3 Å². The number of amides is 1. The zero-order chi connectivity index (χ0) is 20.3. The molecule has 0 aliphatic carbocycles. The Morgan fingerprint density at radius 3 is 2.22 bits per heavy atom. The van der Waals surface area contributed by atoms with Crippen LogP contribution in [0.2, 0.25) is 0 Å². The summed E-state index contributed by atoms with van der Waals surface area (Å²) < 4.78 is 0. The van der Waals surface area contributed by atoms with E-state index in [0.29, 0.717) is 19.3 Å². The van der Waals surface area contributed by atoms with Gasteiger partial charge in [0.1, 0.15) is 11.6 Å². The molecular weight excluding hydrogens is 346 g/mol. The SMILES string of the molecule is CCCC(CO)(CO)NC(=O)CCC(=O)C[C@@H](Cc1ccccc1)C(C)=O. The molecule has 6 heteroatoms. The maximum Gasteiger partial charge on any atom is 0.221 e. The lowest BCUT2D eigenvalue weighted by Gasteiger charge is -2.30. The van der Waals surface area contributed by atoms with E-state index in [1.165, 1.54) is 6.92 Å². The Balaban J connectivity index is 2.54. The Labute approximate surface area is 161 Å². The molecule has 0 aliphatic rings. The predicted octanol–water partition coefficient (Wildman–Crippen LogP) is 1.81. The third kappa shape index (κ3) is 8.01. The fraction of sp³-hybridized carbons (Fsp3) is 0.571. The molecule has 150 valence electrons. The smallest absolute Gasteiger partial charge is 0.221 e. The third-order valence-corrected chi connectivity index (χ3v) is 4.74. The van der Waals surface area contributed by atoms with E-state index in [1.807, 2.05) is 37.3 Å². The van der Waals surface area contributed by atoms with Crippen molar-refractivity contribution in [1.29, 1.82) is 0 Å². The Kier molecular flexibility index (Phi) is 9.89. The van der Waals surface area contributed by atoms with Crippen LogP contribution in [0.1, 0.15) is 51.5 Å². The molecule has 0 radical (unpaired) electrons. The highest BCUT2D eigenvalue weighted by Crippen LogP contribution is 2.16. The zero-order valence-electron chi connectivity index (χ0n) is 16.2. The van der Waals surface area contributed by atoms with Gasteiger partial charge in [0.25, 0.3) is 0 Å². The fourth-order valence-corrected chi connectivity index (χ4v) is 3.07. The molecule has 6 nitrogen and oxygen atoms in total. The quantitative estimate of drug-likeness (QED) is 0.486. The molecule has 0 saturated heterocycles. The summed E-state index contributed by atoms with van der Waals surface area (Å²) >= 11 is 0. The third-order valence-electron chi connectivity index (χ3n) is 4.74. The fourth-order valence-electron chi connectivity index (χ4n) is 3.07. The molecule has 0 unspecified atom stereocenters. The molecule has 1 aromatic rings. The molecule has 0 aliphatic heterocycles. The summed E-state index contributed by atoms with van der Waals surface area (Å²) in [6.45, 7) is 2.65. The Bertz CT molecular complexity index is 610. The molecule has 0 bridgehead atoms. The van der Waals surface area contributed by atoms with Crippen LogP contribution < -0.4 is 5.32 Å². The topological polar surface area (TPSA) is 104 Å². The van der Waals surface area contributed by atoms with Crippen LogP contribution in [0.5, 0.6) is 0 Å². The van der Waals surface area contributed by atoms with Crippen molar-refractivity contribution in [3.63, 3.8) is 0 Å².